The highest BCUT2D eigenvalue weighted by Gasteiger charge is 2.37. The monoisotopic (exact) mass is 499 g/mol. The molecule has 10 heteroatoms. The van der Waals surface area contributed by atoms with Crippen molar-refractivity contribution in [2.75, 3.05) is 6.61 Å². The molecule has 0 bridgehead atoms. The average Bonchev–Trinajstić information content (AvgIpc) is 3.34. The predicted molar refractivity (Wildman–Crippen MR) is 132 cm³/mol. The van der Waals surface area contributed by atoms with Crippen molar-refractivity contribution >= 4 is 6.47 Å². The number of nitrogens with zero attached hydrogens (tertiary/aromatic N) is 2. The highest BCUT2D eigenvalue weighted by molar-refractivity contribution is 5.68. The molecule has 36 heavy (non-hydrogen) atoms. The van der Waals surface area contributed by atoms with Crippen LogP contribution in [0.4, 0.5) is 0 Å². The zero-order chi connectivity index (χ0) is 26.3. The number of benzene rings is 2. The molecule has 0 saturated carbocycles. The standard InChI is InChI=1S/C25H31N3O5.CH2O2/c1-25(2,3)26-13-21-27-28-24(33-21)16-9-7-15(8-10-16)17-5-4-6-18(11-17)23-22(31)20(30)12-19(14-29)32-23;2-1-3/h4-11,19-20,22-23,26,29-31H,12-14H2,1-3H3;1H,(H,2,3)/t19?,20?,22?,23-;/m1./s1. The predicted octanol–water partition coefficient (Wildman–Crippen LogP) is 2.54. The molecule has 0 spiro atoms. The van der Waals surface area contributed by atoms with Gasteiger partial charge in [-0.25, -0.2) is 0 Å². The van der Waals surface area contributed by atoms with Crippen LogP contribution in [-0.4, -0.2) is 67.6 Å². The second kappa shape index (κ2) is 12.2. The SMILES string of the molecule is CC(C)(C)NCc1nnc(-c2ccc(-c3cccc([C@H]4OC(CO)CC(O)C4O)c3)cc2)o1.O=CO. The first kappa shape index (κ1) is 27.4. The molecule has 194 valence electrons. The van der Waals surface area contributed by atoms with Gasteiger partial charge in [0.1, 0.15) is 12.2 Å². The molecule has 0 radical (unpaired) electrons. The van der Waals surface area contributed by atoms with Gasteiger partial charge in [-0.05, 0) is 55.7 Å². The van der Waals surface area contributed by atoms with Crippen LogP contribution in [-0.2, 0) is 16.1 Å². The van der Waals surface area contributed by atoms with Crippen LogP contribution >= 0.6 is 0 Å². The number of hydrogen-bond acceptors (Lipinski definition) is 9. The zero-order valence-electron chi connectivity index (χ0n) is 20.5. The maximum absolute atomic E-state index is 10.4. The lowest BCUT2D eigenvalue weighted by molar-refractivity contribution is -0.179. The fourth-order valence-corrected chi connectivity index (χ4v) is 3.83. The molecule has 1 aliphatic rings. The molecule has 0 amide bonds. The molecule has 1 aromatic heterocycles. The Morgan fingerprint density at radius 1 is 1.06 bits per heavy atom. The Morgan fingerprint density at radius 2 is 1.72 bits per heavy atom. The lowest BCUT2D eigenvalue weighted by Gasteiger charge is -2.37. The van der Waals surface area contributed by atoms with Crippen molar-refractivity contribution in [1.82, 2.24) is 15.5 Å². The lowest BCUT2D eigenvalue weighted by atomic mass is 9.91. The van der Waals surface area contributed by atoms with Crippen molar-refractivity contribution in [2.45, 2.75) is 63.7 Å². The third kappa shape index (κ3) is 7.19. The van der Waals surface area contributed by atoms with E-state index in [2.05, 4.69) is 36.3 Å². The van der Waals surface area contributed by atoms with Crippen molar-refractivity contribution in [3.8, 4) is 22.6 Å². The maximum Gasteiger partial charge on any atom is 0.290 e. The van der Waals surface area contributed by atoms with Crippen LogP contribution in [0.2, 0.25) is 0 Å². The minimum Gasteiger partial charge on any atom is -0.483 e. The van der Waals surface area contributed by atoms with E-state index in [1.54, 1.807) is 0 Å². The molecule has 1 fully saturated rings. The van der Waals surface area contributed by atoms with Crippen LogP contribution in [0.15, 0.2) is 52.9 Å². The van der Waals surface area contributed by atoms with Crippen LogP contribution in [0.1, 0.15) is 44.8 Å². The summed E-state index contributed by atoms with van der Waals surface area (Å²) in [4.78, 5) is 8.36. The summed E-state index contributed by atoms with van der Waals surface area (Å²) in [5.74, 6) is 0.995. The minimum absolute atomic E-state index is 0.0410. The van der Waals surface area contributed by atoms with E-state index in [9.17, 15) is 15.3 Å². The molecular formula is C26H33N3O7. The highest BCUT2D eigenvalue weighted by atomic mass is 16.5. The van der Waals surface area contributed by atoms with Crippen LogP contribution in [0, 0.1) is 0 Å². The van der Waals surface area contributed by atoms with Gasteiger partial charge < -0.3 is 34.9 Å². The first-order valence-electron chi connectivity index (χ1n) is 11.6. The highest BCUT2D eigenvalue weighted by Crippen LogP contribution is 2.34. The summed E-state index contributed by atoms with van der Waals surface area (Å²) >= 11 is 0. The first-order chi connectivity index (χ1) is 17.1. The molecule has 4 rings (SSSR count). The Morgan fingerprint density at radius 3 is 2.36 bits per heavy atom. The number of ether oxygens (including phenoxy) is 1. The van der Waals surface area contributed by atoms with Crippen molar-refractivity contribution < 1.29 is 34.4 Å². The van der Waals surface area contributed by atoms with Gasteiger partial charge in [-0.15, -0.1) is 10.2 Å². The summed E-state index contributed by atoms with van der Waals surface area (Å²) < 4.78 is 11.6. The normalized spacial score (nSPS) is 21.9. The van der Waals surface area contributed by atoms with Crippen molar-refractivity contribution in [3.63, 3.8) is 0 Å². The summed E-state index contributed by atoms with van der Waals surface area (Å²) in [5, 5.41) is 48.5. The van der Waals surface area contributed by atoms with Gasteiger partial charge in [0, 0.05) is 17.5 Å². The quantitative estimate of drug-likeness (QED) is 0.319. The Hall–Kier alpha value is -3.15. The zero-order valence-corrected chi connectivity index (χ0v) is 20.5. The lowest BCUT2D eigenvalue weighted by Crippen LogP contribution is -2.44. The smallest absolute Gasteiger partial charge is 0.290 e. The van der Waals surface area contributed by atoms with E-state index in [1.165, 1.54) is 0 Å². The molecule has 3 aromatic rings. The van der Waals surface area contributed by atoms with Gasteiger partial charge in [-0.3, -0.25) is 4.79 Å². The van der Waals surface area contributed by atoms with E-state index >= 15 is 0 Å². The molecule has 1 saturated heterocycles. The van der Waals surface area contributed by atoms with Crippen LogP contribution in [0.3, 0.4) is 0 Å². The average molecular weight is 500 g/mol. The molecule has 1 aliphatic heterocycles. The van der Waals surface area contributed by atoms with Crippen LogP contribution < -0.4 is 5.32 Å². The second-order valence-electron chi connectivity index (χ2n) is 9.57. The van der Waals surface area contributed by atoms with Gasteiger partial charge >= 0.3 is 0 Å². The number of aromatic nitrogens is 2. The number of aliphatic hydroxyl groups is 3. The third-order valence-electron chi connectivity index (χ3n) is 5.67. The van der Waals surface area contributed by atoms with Gasteiger partial charge in [0.2, 0.25) is 11.8 Å². The fraction of sp³-hybridized carbons (Fsp3) is 0.423. The van der Waals surface area contributed by atoms with Gasteiger partial charge in [0.25, 0.3) is 6.47 Å². The van der Waals surface area contributed by atoms with Gasteiger partial charge in [-0.2, -0.15) is 0 Å². The fourth-order valence-electron chi connectivity index (χ4n) is 3.83. The van der Waals surface area contributed by atoms with E-state index < -0.39 is 24.4 Å². The number of carbonyl (C=O) groups is 1. The summed E-state index contributed by atoms with van der Waals surface area (Å²) in [6.07, 6.45) is -3.00. The van der Waals surface area contributed by atoms with E-state index in [4.69, 9.17) is 19.1 Å². The molecule has 2 heterocycles. The van der Waals surface area contributed by atoms with Gasteiger partial charge in [0.15, 0.2) is 0 Å². The van der Waals surface area contributed by atoms with E-state index in [0.29, 0.717) is 18.3 Å². The van der Waals surface area contributed by atoms with Crippen molar-refractivity contribution in [2.24, 2.45) is 0 Å². The topological polar surface area (TPSA) is 158 Å². The van der Waals surface area contributed by atoms with Gasteiger partial charge in [-0.1, -0.05) is 30.3 Å². The number of rotatable bonds is 6. The molecule has 5 N–H and O–H groups in total. The number of nitrogens with one attached hydrogen (secondary N) is 1. The summed E-state index contributed by atoms with van der Waals surface area (Å²) in [6.45, 7) is 6.28. The number of hydrogen-bond donors (Lipinski definition) is 5. The van der Waals surface area contributed by atoms with Gasteiger partial charge in [0.05, 0.1) is 25.4 Å². The molecule has 0 aliphatic carbocycles. The minimum atomic E-state index is -1.05. The molecule has 2 aromatic carbocycles. The summed E-state index contributed by atoms with van der Waals surface area (Å²) in [7, 11) is 0. The molecule has 10 nitrogen and oxygen atoms in total. The Labute approximate surface area is 209 Å². The Kier molecular flexibility index (Phi) is 9.30. The van der Waals surface area contributed by atoms with Crippen LogP contribution in [0.25, 0.3) is 22.6 Å². The van der Waals surface area contributed by atoms with Crippen LogP contribution in [0.5, 0.6) is 0 Å². The van der Waals surface area contributed by atoms with Crippen molar-refractivity contribution in [3.05, 3.63) is 60.0 Å². The van der Waals surface area contributed by atoms with E-state index in [-0.39, 0.29) is 25.0 Å². The molecular weight excluding hydrogens is 466 g/mol. The Bertz CT molecular complexity index is 1110. The molecule has 3 unspecified atom stereocenters. The number of carboxylic acid groups (broad SMARTS) is 1. The van der Waals surface area contributed by atoms with E-state index in [0.717, 1.165) is 22.3 Å². The molecule has 4 atom stereocenters. The maximum atomic E-state index is 10.4. The summed E-state index contributed by atoms with van der Waals surface area (Å²) in [5.41, 5.74) is 3.44. The number of aliphatic hydroxyl groups excluding tert-OH is 3. The second-order valence-corrected chi connectivity index (χ2v) is 9.57. The van der Waals surface area contributed by atoms with Crippen molar-refractivity contribution in [1.29, 1.82) is 0 Å². The Balaban J connectivity index is 0.00000115. The largest absolute Gasteiger partial charge is 0.483 e. The third-order valence-corrected chi connectivity index (χ3v) is 5.67. The summed E-state index contributed by atoms with van der Waals surface area (Å²) in [6, 6.07) is 15.4. The first-order valence-corrected chi connectivity index (χ1v) is 11.6. The van der Waals surface area contributed by atoms with E-state index in [1.807, 2.05) is 48.5 Å².